The Morgan fingerprint density at radius 3 is 2.55 bits per heavy atom. The lowest BCUT2D eigenvalue weighted by Crippen LogP contribution is -2.30. The van der Waals surface area contributed by atoms with Gasteiger partial charge >= 0.3 is 0 Å². The van der Waals surface area contributed by atoms with E-state index in [4.69, 9.17) is 5.73 Å². The molecular weight excluding hydrogens is 252 g/mol. The number of nitrogens with two attached hydrogens (primary N) is 1. The van der Waals surface area contributed by atoms with Crippen LogP contribution in [0.4, 0.5) is 5.69 Å². The van der Waals surface area contributed by atoms with Gasteiger partial charge in [-0.2, -0.15) is 0 Å². The Labute approximate surface area is 118 Å². The first-order chi connectivity index (χ1) is 9.66. The van der Waals surface area contributed by atoms with E-state index in [2.05, 4.69) is 0 Å². The summed E-state index contributed by atoms with van der Waals surface area (Å²) in [5.41, 5.74) is 7.16. The number of amides is 2. The van der Waals surface area contributed by atoms with Gasteiger partial charge in [0.1, 0.15) is 0 Å². The van der Waals surface area contributed by atoms with Gasteiger partial charge in [0, 0.05) is 12.2 Å². The van der Waals surface area contributed by atoms with Crippen molar-refractivity contribution in [3.63, 3.8) is 0 Å². The normalized spacial score (nSPS) is 18.9. The molecule has 1 fully saturated rings. The molecule has 0 bridgehead atoms. The summed E-state index contributed by atoms with van der Waals surface area (Å²) in [4.78, 5) is 25.8. The largest absolute Gasteiger partial charge is 0.399 e. The Bertz CT molecular complexity index is 547. The Kier molecular flexibility index (Phi) is 3.47. The van der Waals surface area contributed by atoms with Gasteiger partial charge in [-0.15, -0.1) is 0 Å². The number of imide groups is 1. The molecule has 2 aliphatic rings. The van der Waals surface area contributed by atoms with Crippen molar-refractivity contribution < 1.29 is 9.59 Å². The number of nitrogen functional groups attached to an aromatic ring is 1. The lowest BCUT2D eigenvalue weighted by Gasteiger charge is -2.15. The first-order valence-electron chi connectivity index (χ1n) is 7.42. The van der Waals surface area contributed by atoms with Gasteiger partial charge < -0.3 is 5.73 Å². The number of hydrogen-bond acceptors (Lipinski definition) is 3. The molecule has 4 nitrogen and oxygen atoms in total. The Hall–Kier alpha value is -1.84. The zero-order chi connectivity index (χ0) is 14.1. The van der Waals surface area contributed by atoms with Crippen molar-refractivity contribution in [1.82, 2.24) is 4.90 Å². The van der Waals surface area contributed by atoms with E-state index in [1.54, 1.807) is 18.2 Å². The fourth-order valence-electron chi connectivity index (χ4n) is 3.35. The summed E-state index contributed by atoms with van der Waals surface area (Å²) in [5.74, 6) is 0.431. The van der Waals surface area contributed by atoms with Crippen molar-refractivity contribution in [3.8, 4) is 0 Å². The highest BCUT2D eigenvalue weighted by Crippen LogP contribution is 2.30. The van der Waals surface area contributed by atoms with E-state index in [0.29, 0.717) is 23.4 Å². The summed E-state index contributed by atoms with van der Waals surface area (Å²) < 4.78 is 0. The zero-order valence-electron chi connectivity index (χ0n) is 11.6. The standard InChI is InChI=1S/C16H20N2O2/c17-12-7-8-13-14(10-12)16(20)18(15(13)19)9-3-6-11-4-1-2-5-11/h7-8,10-11H,1-6,9,17H2. The fourth-order valence-corrected chi connectivity index (χ4v) is 3.35. The van der Waals surface area contributed by atoms with Gasteiger partial charge in [-0.05, 0) is 37.0 Å². The van der Waals surface area contributed by atoms with Crippen LogP contribution in [0.5, 0.6) is 0 Å². The number of hydrogen-bond donors (Lipinski definition) is 1. The fraction of sp³-hybridized carbons (Fsp3) is 0.500. The van der Waals surface area contributed by atoms with Crippen molar-refractivity contribution >= 4 is 17.5 Å². The summed E-state index contributed by atoms with van der Waals surface area (Å²) >= 11 is 0. The molecule has 0 unspecified atom stereocenters. The third-order valence-electron chi connectivity index (χ3n) is 4.46. The Morgan fingerprint density at radius 2 is 1.80 bits per heavy atom. The second kappa shape index (κ2) is 5.27. The van der Waals surface area contributed by atoms with Crippen LogP contribution in [0, 0.1) is 5.92 Å². The lowest BCUT2D eigenvalue weighted by molar-refractivity contribution is 0.0650. The number of carbonyl (C=O) groups is 2. The highest BCUT2D eigenvalue weighted by molar-refractivity contribution is 6.21. The first-order valence-corrected chi connectivity index (χ1v) is 7.42. The van der Waals surface area contributed by atoms with Crippen LogP contribution in [-0.2, 0) is 0 Å². The smallest absolute Gasteiger partial charge is 0.261 e. The molecule has 4 heteroatoms. The third-order valence-corrected chi connectivity index (χ3v) is 4.46. The van der Waals surface area contributed by atoms with E-state index < -0.39 is 0 Å². The van der Waals surface area contributed by atoms with Crippen LogP contribution in [0.25, 0.3) is 0 Å². The topological polar surface area (TPSA) is 63.4 Å². The monoisotopic (exact) mass is 272 g/mol. The minimum Gasteiger partial charge on any atom is -0.399 e. The van der Waals surface area contributed by atoms with Crippen LogP contribution >= 0.6 is 0 Å². The molecule has 1 aliphatic heterocycles. The molecular formula is C16H20N2O2. The van der Waals surface area contributed by atoms with Crippen LogP contribution in [-0.4, -0.2) is 23.3 Å². The van der Waals surface area contributed by atoms with Crippen LogP contribution in [0.1, 0.15) is 59.2 Å². The summed E-state index contributed by atoms with van der Waals surface area (Å²) in [7, 11) is 0. The molecule has 1 aromatic carbocycles. The highest BCUT2D eigenvalue weighted by atomic mass is 16.2. The predicted molar refractivity (Wildman–Crippen MR) is 77.4 cm³/mol. The molecule has 0 saturated heterocycles. The van der Waals surface area contributed by atoms with Crippen molar-refractivity contribution in [1.29, 1.82) is 0 Å². The van der Waals surface area contributed by atoms with Crippen LogP contribution in [0.2, 0.25) is 0 Å². The quantitative estimate of drug-likeness (QED) is 0.677. The second-order valence-corrected chi connectivity index (χ2v) is 5.86. The minimum absolute atomic E-state index is 0.170. The maximum absolute atomic E-state index is 12.2. The summed E-state index contributed by atoms with van der Waals surface area (Å²) in [6, 6.07) is 4.93. The molecule has 0 atom stereocenters. The van der Waals surface area contributed by atoms with E-state index in [1.165, 1.54) is 30.6 Å². The maximum Gasteiger partial charge on any atom is 0.261 e. The molecule has 1 heterocycles. The molecule has 2 amide bonds. The second-order valence-electron chi connectivity index (χ2n) is 5.86. The molecule has 1 aliphatic carbocycles. The zero-order valence-corrected chi connectivity index (χ0v) is 11.6. The van der Waals surface area contributed by atoms with E-state index >= 15 is 0 Å². The van der Waals surface area contributed by atoms with Crippen molar-refractivity contribution in [2.24, 2.45) is 5.92 Å². The number of fused-ring (bicyclic) bond motifs is 1. The van der Waals surface area contributed by atoms with Crippen LogP contribution < -0.4 is 5.73 Å². The van der Waals surface area contributed by atoms with Gasteiger partial charge in [-0.1, -0.05) is 25.7 Å². The lowest BCUT2D eigenvalue weighted by atomic mass is 10.0. The number of nitrogens with zero attached hydrogens (tertiary/aromatic N) is 1. The van der Waals surface area contributed by atoms with Gasteiger partial charge in [-0.25, -0.2) is 0 Å². The highest BCUT2D eigenvalue weighted by Gasteiger charge is 2.35. The predicted octanol–water partition coefficient (Wildman–Crippen LogP) is 2.84. The molecule has 1 saturated carbocycles. The molecule has 3 rings (SSSR count). The summed E-state index contributed by atoms with van der Waals surface area (Å²) in [6.07, 6.45) is 7.30. The van der Waals surface area contributed by atoms with Gasteiger partial charge in [0.15, 0.2) is 0 Å². The number of benzene rings is 1. The third kappa shape index (κ3) is 2.30. The molecule has 2 N–H and O–H groups in total. The first kappa shape index (κ1) is 13.2. The van der Waals surface area contributed by atoms with E-state index in [-0.39, 0.29) is 11.8 Å². The van der Waals surface area contributed by atoms with Crippen LogP contribution in [0.3, 0.4) is 0 Å². The molecule has 0 aromatic heterocycles. The van der Waals surface area contributed by atoms with E-state index in [9.17, 15) is 9.59 Å². The molecule has 106 valence electrons. The SMILES string of the molecule is Nc1ccc2c(c1)C(=O)N(CCCC1CCCC1)C2=O. The minimum atomic E-state index is -0.191. The van der Waals surface area contributed by atoms with Crippen LogP contribution in [0.15, 0.2) is 18.2 Å². The average Bonchev–Trinajstić information content (AvgIpc) is 3.02. The molecule has 0 spiro atoms. The molecule has 1 aromatic rings. The average molecular weight is 272 g/mol. The van der Waals surface area contributed by atoms with Gasteiger partial charge in [0.2, 0.25) is 0 Å². The van der Waals surface area contributed by atoms with Gasteiger partial charge in [-0.3, -0.25) is 14.5 Å². The number of carbonyl (C=O) groups excluding carboxylic acids is 2. The Balaban J connectivity index is 1.64. The van der Waals surface area contributed by atoms with Crippen molar-refractivity contribution in [2.75, 3.05) is 12.3 Å². The van der Waals surface area contributed by atoms with E-state index in [1.807, 2.05) is 0 Å². The number of anilines is 1. The summed E-state index contributed by atoms with van der Waals surface area (Å²) in [5, 5.41) is 0. The summed E-state index contributed by atoms with van der Waals surface area (Å²) in [6.45, 7) is 0.531. The van der Waals surface area contributed by atoms with E-state index in [0.717, 1.165) is 18.8 Å². The van der Waals surface area contributed by atoms with Crippen molar-refractivity contribution in [2.45, 2.75) is 38.5 Å². The molecule has 20 heavy (non-hydrogen) atoms. The number of rotatable bonds is 4. The van der Waals surface area contributed by atoms with Gasteiger partial charge in [0.05, 0.1) is 11.1 Å². The molecule has 0 radical (unpaired) electrons. The Morgan fingerprint density at radius 1 is 1.10 bits per heavy atom. The maximum atomic E-state index is 12.2. The van der Waals surface area contributed by atoms with Gasteiger partial charge in [0.25, 0.3) is 11.8 Å². The van der Waals surface area contributed by atoms with Crippen molar-refractivity contribution in [3.05, 3.63) is 29.3 Å².